The van der Waals surface area contributed by atoms with Gasteiger partial charge in [-0.25, -0.2) is 8.78 Å². The molecule has 1 N–H and O–H groups in total. The monoisotopic (exact) mass is 390 g/mol. The maximum atomic E-state index is 13.7. The van der Waals surface area contributed by atoms with Gasteiger partial charge in [-0.3, -0.25) is 4.79 Å². The number of nitrogens with one attached hydrogen (secondary N) is 1. The minimum Gasteiger partial charge on any atom is -0.484 e. The number of hydrogen-bond donors (Lipinski definition) is 1. The molecule has 28 heavy (non-hydrogen) atoms. The van der Waals surface area contributed by atoms with Crippen LogP contribution in [0, 0.1) is 18.6 Å². The Hall–Kier alpha value is -2.96. The molecular weight excluding hydrogens is 366 g/mol. The van der Waals surface area contributed by atoms with E-state index in [1.807, 2.05) is 26.0 Å². The van der Waals surface area contributed by atoms with Crippen molar-refractivity contribution in [3.8, 4) is 5.75 Å². The van der Waals surface area contributed by atoms with Crippen LogP contribution in [-0.4, -0.2) is 31.4 Å². The second kappa shape index (κ2) is 9.82. The fourth-order valence-electron chi connectivity index (χ4n) is 2.77. The van der Waals surface area contributed by atoms with Gasteiger partial charge in [-0.05, 0) is 68.7 Å². The summed E-state index contributed by atoms with van der Waals surface area (Å²) in [4.78, 5) is 16.9. The van der Waals surface area contributed by atoms with Gasteiger partial charge in [0.1, 0.15) is 24.5 Å². The van der Waals surface area contributed by atoms with Crippen molar-refractivity contribution in [1.29, 1.82) is 0 Å². The smallest absolute Gasteiger partial charge is 0.258 e. The van der Waals surface area contributed by atoms with Crippen LogP contribution in [0.4, 0.5) is 8.78 Å². The highest BCUT2D eigenvalue weighted by Crippen LogP contribution is 2.20. The lowest BCUT2D eigenvalue weighted by atomic mass is 10.1. The maximum absolute atomic E-state index is 13.7. The van der Waals surface area contributed by atoms with Gasteiger partial charge in [0.15, 0.2) is 6.61 Å². The number of nitrogens with zero attached hydrogens (tertiary/aromatic N) is 1. The Labute approximate surface area is 163 Å². The van der Waals surface area contributed by atoms with Crippen molar-refractivity contribution in [1.82, 2.24) is 5.32 Å². The van der Waals surface area contributed by atoms with Crippen molar-refractivity contribution in [2.24, 2.45) is 5.16 Å². The first-order chi connectivity index (χ1) is 13.3. The van der Waals surface area contributed by atoms with E-state index in [0.29, 0.717) is 5.75 Å². The highest BCUT2D eigenvalue weighted by molar-refractivity contribution is 5.98. The molecule has 0 radical (unpaired) electrons. The number of carbonyl (C=O) groups excluding carboxylic acids is 1. The van der Waals surface area contributed by atoms with Crippen molar-refractivity contribution in [3.05, 3.63) is 64.7 Å². The zero-order valence-electron chi connectivity index (χ0n) is 16.4. The molecule has 1 amide bonds. The topological polar surface area (TPSA) is 59.9 Å². The van der Waals surface area contributed by atoms with Gasteiger partial charge in [0.25, 0.3) is 5.91 Å². The Balaban J connectivity index is 1.91. The van der Waals surface area contributed by atoms with Crippen LogP contribution >= 0.6 is 0 Å². The molecule has 2 aromatic carbocycles. The molecule has 7 heteroatoms. The summed E-state index contributed by atoms with van der Waals surface area (Å²) >= 11 is 0. The third-order valence-electron chi connectivity index (χ3n) is 4.16. The minimum absolute atomic E-state index is 0.0456. The number of amides is 1. The zero-order chi connectivity index (χ0) is 20.7. The largest absolute Gasteiger partial charge is 0.484 e. The average molecular weight is 390 g/mol. The number of carbonyl (C=O) groups is 1. The number of rotatable bonds is 8. The fourth-order valence-corrected chi connectivity index (χ4v) is 2.77. The molecule has 0 saturated heterocycles. The van der Waals surface area contributed by atoms with Crippen molar-refractivity contribution in [2.75, 3.05) is 13.7 Å². The molecule has 0 spiro atoms. The standard InChI is InChI=1S/C21H24F2N2O3/c1-13-10-16(15(3)25-27-4)8-9-20(13)28-12-21(26)24-14(2)11-17-18(22)6-5-7-19(17)23/h5-10,14H,11-12H2,1-4H3,(H,24,26). The Bertz CT molecular complexity index is 848. The molecule has 0 aliphatic heterocycles. The van der Waals surface area contributed by atoms with Gasteiger partial charge in [0.2, 0.25) is 0 Å². The highest BCUT2D eigenvalue weighted by atomic mass is 19.1. The van der Waals surface area contributed by atoms with Gasteiger partial charge >= 0.3 is 0 Å². The van der Waals surface area contributed by atoms with Crippen LogP contribution in [0.2, 0.25) is 0 Å². The van der Waals surface area contributed by atoms with E-state index in [1.54, 1.807) is 13.0 Å². The minimum atomic E-state index is -0.625. The maximum Gasteiger partial charge on any atom is 0.258 e. The first-order valence-electron chi connectivity index (χ1n) is 8.85. The van der Waals surface area contributed by atoms with E-state index in [1.165, 1.54) is 25.3 Å². The lowest BCUT2D eigenvalue weighted by Gasteiger charge is -2.16. The third-order valence-corrected chi connectivity index (χ3v) is 4.16. The van der Waals surface area contributed by atoms with Gasteiger partial charge in [-0.1, -0.05) is 11.2 Å². The molecule has 1 atom stereocenters. The molecule has 2 aromatic rings. The Morgan fingerprint density at radius 3 is 2.50 bits per heavy atom. The highest BCUT2D eigenvalue weighted by Gasteiger charge is 2.15. The summed E-state index contributed by atoms with van der Waals surface area (Å²) in [5.41, 5.74) is 2.41. The molecule has 0 bridgehead atoms. The number of oxime groups is 1. The molecular formula is C21H24F2N2O3. The molecule has 0 aliphatic carbocycles. The van der Waals surface area contributed by atoms with Crippen LogP contribution in [0.5, 0.6) is 5.75 Å². The van der Waals surface area contributed by atoms with E-state index < -0.39 is 17.7 Å². The number of aryl methyl sites for hydroxylation is 1. The summed E-state index contributed by atoms with van der Waals surface area (Å²) in [6.07, 6.45) is 0.0517. The van der Waals surface area contributed by atoms with Crippen molar-refractivity contribution in [3.63, 3.8) is 0 Å². The summed E-state index contributed by atoms with van der Waals surface area (Å²) in [5.74, 6) is -1.05. The average Bonchev–Trinajstić information content (AvgIpc) is 2.64. The van der Waals surface area contributed by atoms with Crippen LogP contribution in [0.25, 0.3) is 0 Å². The lowest BCUT2D eigenvalue weighted by Crippen LogP contribution is -2.37. The second-order valence-corrected chi connectivity index (χ2v) is 6.50. The number of benzene rings is 2. The predicted molar refractivity (Wildman–Crippen MR) is 104 cm³/mol. The molecule has 0 heterocycles. The summed E-state index contributed by atoms with van der Waals surface area (Å²) < 4.78 is 33.0. The summed E-state index contributed by atoms with van der Waals surface area (Å²) in [6, 6.07) is 8.71. The normalized spacial score (nSPS) is 12.4. The van der Waals surface area contributed by atoms with Crippen molar-refractivity contribution < 1.29 is 23.1 Å². The van der Waals surface area contributed by atoms with Crippen LogP contribution in [-0.2, 0) is 16.1 Å². The van der Waals surface area contributed by atoms with E-state index in [-0.39, 0.29) is 24.5 Å². The summed E-state index contributed by atoms with van der Waals surface area (Å²) in [7, 11) is 1.48. The molecule has 0 aliphatic rings. The van der Waals surface area contributed by atoms with E-state index in [4.69, 9.17) is 9.57 Å². The number of ether oxygens (including phenoxy) is 1. The number of halogens is 2. The fraction of sp³-hybridized carbons (Fsp3) is 0.333. The number of hydrogen-bond acceptors (Lipinski definition) is 4. The summed E-state index contributed by atoms with van der Waals surface area (Å²) in [5, 5.41) is 6.56. The first-order valence-corrected chi connectivity index (χ1v) is 8.85. The Kier molecular flexibility index (Phi) is 7.49. The Morgan fingerprint density at radius 1 is 1.21 bits per heavy atom. The van der Waals surface area contributed by atoms with Crippen LogP contribution < -0.4 is 10.1 Å². The lowest BCUT2D eigenvalue weighted by molar-refractivity contribution is -0.123. The van der Waals surface area contributed by atoms with E-state index >= 15 is 0 Å². The van der Waals surface area contributed by atoms with Crippen molar-refractivity contribution in [2.45, 2.75) is 33.2 Å². The molecule has 5 nitrogen and oxygen atoms in total. The summed E-state index contributed by atoms with van der Waals surface area (Å²) in [6.45, 7) is 5.17. The predicted octanol–water partition coefficient (Wildman–Crippen LogP) is 3.77. The van der Waals surface area contributed by atoms with Gasteiger partial charge in [-0.15, -0.1) is 0 Å². The second-order valence-electron chi connectivity index (χ2n) is 6.50. The zero-order valence-corrected chi connectivity index (χ0v) is 16.4. The quantitative estimate of drug-likeness (QED) is 0.551. The molecule has 1 unspecified atom stereocenters. The molecule has 0 fully saturated rings. The van der Waals surface area contributed by atoms with Crippen LogP contribution in [0.15, 0.2) is 41.6 Å². The van der Waals surface area contributed by atoms with E-state index in [9.17, 15) is 13.6 Å². The van der Waals surface area contributed by atoms with Gasteiger partial charge in [0.05, 0.1) is 5.71 Å². The van der Waals surface area contributed by atoms with Gasteiger partial charge in [-0.2, -0.15) is 0 Å². The molecule has 2 rings (SSSR count). The van der Waals surface area contributed by atoms with Gasteiger partial charge < -0.3 is 14.9 Å². The van der Waals surface area contributed by atoms with E-state index in [2.05, 4.69) is 10.5 Å². The van der Waals surface area contributed by atoms with Crippen LogP contribution in [0.1, 0.15) is 30.5 Å². The van der Waals surface area contributed by atoms with E-state index in [0.717, 1.165) is 16.8 Å². The van der Waals surface area contributed by atoms with Gasteiger partial charge in [0, 0.05) is 11.6 Å². The SMILES string of the molecule is CON=C(C)c1ccc(OCC(=O)NC(C)Cc2c(F)cccc2F)c(C)c1. The first kappa shape index (κ1) is 21.3. The molecule has 0 aromatic heterocycles. The molecule has 0 saturated carbocycles. The van der Waals surface area contributed by atoms with Crippen molar-refractivity contribution >= 4 is 11.6 Å². The third kappa shape index (κ3) is 5.77. The van der Waals surface area contributed by atoms with Crippen LogP contribution in [0.3, 0.4) is 0 Å². The Morgan fingerprint density at radius 2 is 1.89 bits per heavy atom. The molecule has 150 valence electrons.